The van der Waals surface area contributed by atoms with Gasteiger partial charge in [-0.25, -0.2) is 0 Å². The molecule has 3 rings (SSSR count). The number of ether oxygens (including phenoxy) is 1. The van der Waals surface area contributed by atoms with Gasteiger partial charge in [0.1, 0.15) is 5.75 Å². The minimum atomic E-state index is 0.101. The number of nitrogens with one attached hydrogen (secondary N) is 1. The highest BCUT2D eigenvalue weighted by Crippen LogP contribution is 2.32. The highest BCUT2D eigenvalue weighted by atomic mass is 16.5. The van der Waals surface area contributed by atoms with Gasteiger partial charge in [0.25, 0.3) is 0 Å². The number of methoxy groups -OCH3 is 1. The summed E-state index contributed by atoms with van der Waals surface area (Å²) in [7, 11) is 1.68. The van der Waals surface area contributed by atoms with Gasteiger partial charge in [-0.2, -0.15) is 0 Å². The van der Waals surface area contributed by atoms with Crippen LogP contribution in [0.15, 0.2) is 18.2 Å². The quantitative estimate of drug-likeness (QED) is 0.914. The van der Waals surface area contributed by atoms with E-state index in [9.17, 15) is 4.79 Å². The number of anilines is 1. The standard InChI is InChI=1S/C16H22N2O2/c1-11(13-9-17-10-13)16(19)18-7-3-4-12-8-14(20-2)5-6-15(12)18/h5-6,8,11,13,17H,3-4,7,9-10H2,1-2H3. The van der Waals surface area contributed by atoms with Crippen LogP contribution in [-0.2, 0) is 11.2 Å². The fourth-order valence-electron chi connectivity index (χ4n) is 3.04. The van der Waals surface area contributed by atoms with Crippen molar-refractivity contribution in [2.24, 2.45) is 11.8 Å². The Morgan fingerprint density at radius 1 is 1.45 bits per heavy atom. The molecule has 1 N–H and O–H groups in total. The van der Waals surface area contributed by atoms with Gasteiger partial charge in [0.2, 0.25) is 5.91 Å². The van der Waals surface area contributed by atoms with E-state index >= 15 is 0 Å². The maximum Gasteiger partial charge on any atom is 0.230 e. The number of carbonyl (C=O) groups is 1. The molecule has 1 saturated heterocycles. The Morgan fingerprint density at radius 3 is 2.90 bits per heavy atom. The molecule has 1 aromatic rings. The lowest BCUT2D eigenvalue weighted by Crippen LogP contribution is -2.51. The van der Waals surface area contributed by atoms with Crippen LogP contribution in [0.3, 0.4) is 0 Å². The lowest BCUT2D eigenvalue weighted by atomic mass is 9.87. The van der Waals surface area contributed by atoms with Gasteiger partial charge in [-0.05, 0) is 55.6 Å². The molecule has 2 aliphatic heterocycles. The lowest BCUT2D eigenvalue weighted by molar-refractivity contribution is -0.124. The van der Waals surface area contributed by atoms with E-state index in [1.54, 1.807) is 7.11 Å². The number of benzene rings is 1. The van der Waals surface area contributed by atoms with Gasteiger partial charge in [-0.15, -0.1) is 0 Å². The van der Waals surface area contributed by atoms with Crippen LogP contribution in [0.5, 0.6) is 5.75 Å². The Morgan fingerprint density at radius 2 is 2.25 bits per heavy atom. The fourth-order valence-corrected chi connectivity index (χ4v) is 3.04. The van der Waals surface area contributed by atoms with Gasteiger partial charge in [-0.3, -0.25) is 4.79 Å². The van der Waals surface area contributed by atoms with E-state index in [-0.39, 0.29) is 11.8 Å². The maximum absolute atomic E-state index is 12.7. The topological polar surface area (TPSA) is 41.6 Å². The van der Waals surface area contributed by atoms with Crippen molar-refractivity contribution in [2.75, 3.05) is 31.6 Å². The van der Waals surface area contributed by atoms with Crippen LogP contribution >= 0.6 is 0 Å². The molecule has 1 atom stereocenters. The molecule has 4 heteroatoms. The summed E-state index contributed by atoms with van der Waals surface area (Å²) in [4.78, 5) is 14.7. The van der Waals surface area contributed by atoms with Crippen LogP contribution in [0.1, 0.15) is 18.9 Å². The molecule has 2 aliphatic rings. The molecular formula is C16H22N2O2. The number of rotatable bonds is 3. The first-order valence-corrected chi connectivity index (χ1v) is 7.39. The summed E-state index contributed by atoms with van der Waals surface area (Å²) in [6.07, 6.45) is 2.05. The van der Waals surface area contributed by atoms with Crippen molar-refractivity contribution in [1.29, 1.82) is 0 Å². The summed E-state index contributed by atoms with van der Waals surface area (Å²) >= 11 is 0. The van der Waals surface area contributed by atoms with Gasteiger partial charge in [0.15, 0.2) is 0 Å². The number of carbonyl (C=O) groups excluding carboxylic acids is 1. The third-order valence-electron chi connectivity index (χ3n) is 4.58. The Bertz CT molecular complexity index is 511. The Hall–Kier alpha value is -1.55. The van der Waals surface area contributed by atoms with E-state index in [1.807, 2.05) is 17.0 Å². The number of hydrogen-bond donors (Lipinski definition) is 1. The molecule has 4 nitrogen and oxygen atoms in total. The number of amides is 1. The van der Waals surface area contributed by atoms with Crippen LogP contribution in [-0.4, -0.2) is 32.7 Å². The molecule has 2 heterocycles. The molecule has 0 aliphatic carbocycles. The summed E-state index contributed by atoms with van der Waals surface area (Å²) < 4.78 is 5.28. The minimum Gasteiger partial charge on any atom is -0.497 e. The Labute approximate surface area is 120 Å². The zero-order valence-corrected chi connectivity index (χ0v) is 12.2. The van der Waals surface area contributed by atoms with Crippen molar-refractivity contribution < 1.29 is 9.53 Å². The second kappa shape index (κ2) is 5.44. The predicted molar refractivity (Wildman–Crippen MR) is 79.2 cm³/mol. The molecule has 108 valence electrons. The average Bonchev–Trinajstić information content (AvgIpc) is 2.43. The van der Waals surface area contributed by atoms with E-state index in [0.717, 1.165) is 43.9 Å². The van der Waals surface area contributed by atoms with Gasteiger partial charge < -0.3 is 15.0 Å². The van der Waals surface area contributed by atoms with Crippen LogP contribution in [0.25, 0.3) is 0 Å². The third-order valence-corrected chi connectivity index (χ3v) is 4.58. The van der Waals surface area contributed by atoms with Gasteiger partial charge in [0.05, 0.1) is 7.11 Å². The zero-order valence-electron chi connectivity index (χ0n) is 12.2. The van der Waals surface area contributed by atoms with Crippen LogP contribution in [0, 0.1) is 11.8 Å². The average molecular weight is 274 g/mol. The second-order valence-corrected chi connectivity index (χ2v) is 5.80. The molecule has 0 radical (unpaired) electrons. The molecule has 1 amide bonds. The van der Waals surface area contributed by atoms with E-state index in [4.69, 9.17) is 4.74 Å². The van der Waals surface area contributed by atoms with E-state index < -0.39 is 0 Å². The molecule has 0 bridgehead atoms. The molecule has 1 fully saturated rings. The summed E-state index contributed by atoms with van der Waals surface area (Å²) in [5.74, 6) is 1.73. The number of fused-ring (bicyclic) bond motifs is 1. The zero-order chi connectivity index (χ0) is 14.1. The molecule has 1 unspecified atom stereocenters. The van der Waals surface area contributed by atoms with Crippen molar-refractivity contribution >= 4 is 11.6 Å². The third kappa shape index (κ3) is 2.29. The molecule has 0 spiro atoms. The van der Waals surface area contributed by atoms with Crippen LogP contribution < -0.4 is 15.0 Å². The summed E-state index contributed by atoms with van der Waals surface area (Å²) in [6, 6.07) is 6.03. The van der Waals surface area contributed by atoms with E-state index in [0.29, 0.717) is 5.92 Å². The minimum absolute atomic E-state index is 0.101. The summed E-state index contributed by atoms with van der Waals surface area (Å²) in [6.45, 7) is 4.83. The van der Waals surface area contributed by atoms with Crippen molar-refractivity contribution in [3.8, 4) is 5.75 Å². The Balaban J connectivity index is 1.83. The van der Waals surface area contributed by atoms with Gasteiger partial charge >= 0.3 is 0 Å². The Kier molecular flexibility index (Phi) is 3.66. The molecule has 20 heavy (non-hydrogen) atoms. The second-order valence-electron chi connectivity index (χ2n) is 5.80. The summed E-state index contributed by atoms with van der Waals surface area (Å²) in [5.41, 5.74) is 2.30. The summed E-state index contributed by atoms with van der Waals surface area (Å²) in [5, 5.41) is 3.25. The number of hydrogen-bond acceptors (Lipinski definition) is 3. The first-order valence-electron chi connectivity index (χ1n) is 7.39. The largest absolute Gasteiger partial charge is 0.497 e. The first kappa shape index (κ1) is 13.4. The van der Waals surface area contributed by atoms with E-state index in [1.165, 1.54) is 5.56 Å². The number of aryl methyl sites for hydroxylation is 1. The van der Waals surface area contributed by atoms with Crippen LogP contribution in [0.4, 0.5) is 5.69 Å². The first-order chi connectivity index (χ1) is 9.70. The molecule has 0 aromatic heterocycles. The van der Waals surface area contributed by atoms with E-state index in [2.05, 4.69) is 18.3 Å². The number of nitrogens with zero attached hydrogens (tertiary/aromatic N) is 1. The fraction of sp³-hybridized carbons (Fsp3) is 0.562. The lowest BCUT2D eigenvalue weighted by Gasteiger charge is -2.37. The van der Waals surface area contributed by atoms with Gasteiger partial charge in [-0.1, -0.05) is 6.92 Å². The van der Waals surface area contributed by atoms with Crippen molar-refractivity contribution in [1.82, 2.24) is 5.32 Å². The smallest absolute Gasteiger partial charge is 0.230 e. The highest BCUT2D eigenvalue weighted by Gasteiger charge is 2.33. The van der Waals surface area contributed by atoms with Gasteiger partial charge in [0, 0.05) is 18.2 Å². The van der Waals surface area contributed by atoms with Crippen molar-refractivity contribution in [3.63, 3.8) is 0 Å². The van der Waals surface area contributed by atoms with Crippen molar-refractivity contribution in [2.45, 2.75) is 19.8 Å². The molecule has 0 saturated carbocycles. The normalized spacial score (nSPS) is 20.0. The predicted octanol–water partition coefficient (Wildman–Crippen LogP) is 1.83. The van der Waals surface area contributed by atoms with Crippen LogP contribution in [0.2, 0.25) is 0 Å². The molecule has 1 aromatic carbocycles. The molecular weight excluding hydrogens is 252 g/mol. The highest BCUT2D eigenvalue weighted by molar-refractivity contribution is 5.96. The maximum atomic E-state index is 12.7. The monoisotopic (exact) mass is 274 g/mol. The van der Waals surface area contributed by atoms with Crippen molar-refractivity contribution in [3.05, 3.63) is 23.8 Å². The SMILES string of the molecule is COc1ccc2c(c1)CCCN2C(=O)C(C)C1CNC1.